The van der Waals surface area contributed by atoms with Crippen LogP contribution in [0.5, 0.6) is 0 Å². The number of ether oxygens (including phenoxy) is 2. The van der Waals surface area contributed by atoms with Gasteiger partial charge in [-0.2, -0.15) is 0 Å². The lowest BCUT2D eigenvalue weighted by Gasteiger charge is -2.27. The summed E-state index contributed by atoms with van der Waals surface area (Å²) in [6, 6.07) is 0. The second kappa shape index (κ2) is 4.94. The number of rotatable bonds is 2. The van der Waals surface area contributed by atoms with E-state index in [1.807, 2.05) is 0 Å². The molecular formula is C10H17IO2. The number of alkyl halides is 1. The average molecular weight is 296 g/mol. The van der Waals surface area contributed by atoms with Crippen molar-refractivity contribution in [2.75, 3.05) is 13.2 Å². The van der Waals surface area contributed by atoms with E-state index in [1.165, 1.54) is 19.3 Å². The lowest BCUT2D eigenvalue weighted by atomic mass is 10.1. The molecule has 2 unspecified atom stereocenters. The Kier molecular flexibility index (Phi) is 3.86. The molecule has 1 saturated carbocycles. The third-order valence-corrected chi connectivity index (χ3v) is 4.33. The Hall–Kier alpha value is 0.650. The van der Waals surface area contributed by atoms with Crippen LogP contribution in [-0.4, -0.2) is 29.3 Å². The largest absolute Gasteiger partial charge is 0.381 e. The Balaban J connectivity index is 1.75. The minimum absolute atomic E-state index is 0.481. The summed E-state index contributed by atoms with van der Waals surface area (Å²) < 4.78 is 12.1. The molecule has 0 aromatic carbocycles. The first-order chi connectivity index (χ1) is 6.36. The van der Waals surface area contributed by atoms with Crippen LogP contribution in [0.2, 0.25) is 0 Å². The van der Waals surface area contributed by atoms with Gasteiger partial charge in [-0.3, -0.25) is 0 Å². The summed E-state index contributed by atoms with van der Waals surface area (Å²) in [6.07, 6.45) is 7.17. The smallest absolute Gasteiger partial charge is 0.0696 e. The second-order valence-corrected chi connectivity index (χ2v) is 5.53. The second-order valence-electron chi connectivity index (χ2n) is 3.93. The molecule has 0 spiro atoms. The van der Waals surface area contributed by atoms with Crippen molar-refractivity contribution < 1.29 is 9.47 Å². The molecule has 0 amide bonds. The first-order valence-electron chi connectivity index (χ1n) is 5.23. The van der Waals surface area contributed by atoms with Gasteiger partial charge in [-0.15, -0.1) is 0 Å². The molecule has 1 aliphatic heterocycles. The third-order valence-electron chi connectivity index (χ3n) is 2.91. The molecule has 1 saturated heterocycles. The monoisotopic (exact) mass is 296 g/mol. The molecule has 13 heavy (non-hydrogen) atoms. The Morgan fingerprint density at radius 2 is 1.85 bits per heavy atom. The van der Waals surface area contributed by atoms with Gasteiger partial charge in [0.2, 0.25) is 0 Å². The van der Waals surface area contributed by atoms with Crippen molar-refractivity contribution in [3.05, 3.63) is 0 Å². The summed E-state index contributed by atoms with van der Waals surface area (Å²) in [5.41, 5.74) is 0. The maximum absolute atomic E-state index is 6.08. The molecule has 0 aromatic rings. The molecule has 0 radical (unpaired) electrons. The van der Waals surface area contributed by atoms with E-state index in [-0.39, 0.29) is 0 Å². The molecule has 3 heteroatoms. The van der Waals surface area contributed by atoms with Gasteiger partial charge >= 0.3 is 0 Å². The third kappa shape index (κ3) is 2.80. The fraction of sp³-hybridized carbons (Fsp3) is 1.00. The van der Waals surface area contributed by atoms with Crippen molar-refractivity contribution in [3.8, 4) is 0 Å². The predicted octanol–water partition coefficient (Wildman–Crippen LogP) is 2.54. The number of hydrogen-bond donors (Lipinski definition) is 0. The Morgan fingerprint density at radius 3 is 2.46 bits per heavy atom. The molecule has 1 heterocycles. The summed E-state index contributed by atoms with van der Waals surface area (Å²) in [7, 11) is 0. The topological polar surface area (TPSA) is 18.5 Å². The molecule has 0 N–H and O–H groups in total. The van der Waals surface area contributed by atoms with Gasteiger partial charge in [0.05, 0.1) is 12.2 Å². The SMILES string of the molecule is IC1CCCC1OC1CCOCC1. The van der Waals surface area contributed by atoms with E-state index in [0.29, 0.717) is 12.2 Å². The Bertz CT molecular complexity index is 157. The molecule has 2 aliphatic rings. The first-order valence-corrected chi connectivity index (χ1v) is 6.48. The zero-order valence-corrected chi connectivity index (χ0v) is 10.0. The normalized spacial score (nSPS) is 36.7. The fourth-order valence-electron chi connectivity index (χ4n) is 2.09. The van der Waals surface area contributed by atoms with Crippen LogP contribution in [0, 0.1) is 0 Å². The van der Waals surface area contributed by atoms with Crippen LogP contribution in [0.25, 0.3) is 0 Å². The van der Waals surface area contributed by atoms with Gasteiger partial charge in [-0.1, -0.05) is 22.6 Å². The Morgan fingerprint density at radius 1 is 1.08 bits per heavy atom. The van der Waals surface area contributed by atoms with E-state index in [4.69, 9.17) is 9.47 Å². The van der Waals surface area contributed by atoms with Gasteiger partial charge in [0, 0.05) is 17.1 Å². The highest BCUT2D eigenvalue weighted by Crippen LogP contribution is 2.30. The van der Waals surface area contributed by atoms with Gasteiger partial charge in [-0.25, -0.2) is 0 Å². The van der Waals surface area contributed by atoms with Gasteiger partial charge in [-0.05, 0) is 32.1 Å². The summed E-state index contributed by atoms with van der Waals surface area (Å²) in [4.78, 5) is 0. The molecule has 76 valence electrons. The van der Waals surface area contributed by atoms with Crippen molar-refractivity contribution in [3.63, 3.8) is 0 Å². The maximum atomic E-state index is 6.08. The van der Waals surface area contributed by atoms with Gasteiger partial charge in [0.15, 0.2) is 0 Å². The fourth-order valence-corrected chi connectivity index (χ4v) is 3.06. The molecule has 1 aliphatic carbocycles. The molecule has 2 atom stereocenters. The van der Waals surface area contributed by atoms with Gasteiger partial charge in [0.25, 0.3) is 0 Å². The first kappa shape index (κ1) is 10.2. The van der Waals surface area contributed by atoms with Gasteiger partial charge < -0.3 is 9.47 Å². The van der Waals surface area contributed by atoms with Crippen molar-refractivity contribution in [2.24, 2.45) is 0 Å². The average Bonchev–Trinajstić information content (AvgIpc) is 2.54. The zero-order chi connectivity index (χ0) is 9.10. The number of halogens is 1. The lowest BCUT2D eigenvalue weighted by Crippen LogP contribution is -2.30. The highest BCUT2D eigenvalue weighted by Gasteiger charge is 2.28. The van der Waals surface area contributed by atoms with Crippen molar-refractivity contribution >= 4 is 22.6 Å². The molecule has 2 rings (SSSR count). The van der Waals surface area contributed by atoms with Gasteiger partial charge in [0.1, 0.15) is 0 Å². The quantitative estimate of drug-likeness (QED) is 0.576. The van der Waals surface area contributed by atoms with E-state index in [2.05, 4.69) is 22.6 Å². The minimum Gasteiger partial charge on any atom is -0.381 e. The molecule has 2 nitrogen and oxygen atoms in total. The van der Waals surface area contributed by atoms with Crippen LogP contribution in [0.1, 0.15) is 32.1 Å². The van der Waals surface area contributed by atoms with Crippen LogP contribution < -0.4 is 0 Å². The van der Waals surface area contributed by atoms with Crippen LogP contribution >= 0.6 is 22.6 Å². The van der Waals surface area contributed by atoms with Crippen LogP contribution in [-0.2, 0) is 9.47 Å². The molecule has 2 fully saturated rings. The minimum atomic E-state index is 0.481. The van der Waals surface area contributed by atoms with Crippen LogP contribution in [0.4, 0.5) is 0 Å². The number of hydrogen-bond acceptors (Lipinski definition) is 2. The highest BCUT2D eigenvalue weighted by atomic mass is 127. The van der Waals surface area contributed by atoms with Crippen molar-refractivity contribution in [1.29, 1.82) is 0 Å². The lowest BCUT2D eigenvalue weighted by molar-refractivity contribution is -0.0627. The summed E-state index contributed by atoms with van der Waals surface area (Å²) in [5.74, 6) is 0. The van der Waals surface area contributed by atoms with Crippen molar-refractivity contribution in [2.45, 2.75) is 48.2 Å². The zero-order valence-electron chi connectivity index (χ0n) is 7.88. The maximum Gasteiger partial charge on any atom is 0.0696 e. The molecular weight excluding hydrogens is 279 g/mol. The van der Waals surface area contributed by atoms with E-state index in [0.717, 1.165) is 30.0 Å². The molecule has 0 aromatic heterocycles. The van der Waals surface area contributed by atoms with Crippen LogP contribution in [0.3, 0.4) is 0 Å². The van der Waals surface area contributed by atoms with Crippen LogP contribution in [0.15, 0.2) is 0 Å². The van der Waals surface area contributed by atoms with Crippen molar-refractivity contribution in [1.82, 2.24) is 0 Å². The summed E-state index contributed by atoms with van der Waals surface area (Å²) in [5, 5.41) is 0. The standard InChI is InChI=1S/C10H17IO2/c11-9-2-1-3-10(9)13-8-4-6-12-7-5-8/h8-10H,1-7H2. The molecule has 0 bridgehead atoms. The highest BCUT2D eigenvalue weighted by molar-refractivity contribution is 14.1. The summed E-state index contributed by atoms with van der Waals surface area (Å²) >= 11 is 2.53. The predicted molar refractivity (Wildman–Crippen MR) is 60.4 cm³/mol. The van der Waals surface area contributed by atoms with E-state index in [1.54, 1.807) is 0 Å². The Labute approximate surface area is 93.5 Å². The summed E-state index contributed by atoms with van der Waals surface area (Å²) in [6.45, 7) is 1.78. The van der Waals surface area contributed by atoms with E-state index in [9.17, 15) is 0 Å². The van der Waals surface area contributed by atoms with E-state index >= 15 is 0 Å². The van der Waals surface area contributed by atoms with E-state index < -0.39 is 0 Å².